The first kappa shape index (κ1) is 39.1. The second kappa shape index (κ2) is 14.9. The first-order valence-corrected chi connectivity index (χ1v) is 23.9. The van der Waals surface area contributed by atoms with Crippen molar-refractivity contribution in [2.24, 2.45) is 5.41 Å². The van der Waals surface area contributed by atoms with Crippen molar-refractivity contribution in [1.29, 1.82) is 0 Å². The van der Waals surface area contributed by atoms with Crippen LogP contribution in [-0.2, 0) is 20.4 Å². The summed E-state index contributed by atoms with van der Waals surface area (Å²) in [6.45, 7) is 21.8. The van der Waals surface area contributed by atoms with E-state index in [1.165, 1.54) is 0 Å². The molecular formula is C43H58ClN7O4Si. The quantitative estimate of drug-likeness (QED) is 0.0968. The van der Waals surface area contributed by atoms with E-state index in [0.717, 1.165) is 120 Å². The number of carbonyl (C=O) groups is 1. The van der Waals surface area contributed by atoms with Crippen LogP contribution in [0.15, 0.2) is 36.7 Å². The van der Waals surface area contributed by atoms with Crippen LogP contribution in [0.3, 0.4) is 0 Å². The molecule has 1 atom stereocenters. The monoisotopic (exact) mass is 799 g/mol. The summed E-state index contributed by atoms with van der Waals surface area (Å²) in [6.07, 6.45) is 10.7. The topological polar surface area (TPSA) is 101 Å². The van der Waals surface area contributed by atoms with Gasteiger partial charge in [-0.2, -0.15) is 15.3 Å². The van der Waals surface area contributed by atoms with E-state index in [1.54, 1.807) is 0 Å². The van der Waals surface area contributed by atoms with E-state index < -0.39 is 8.32 Å². The first-order valence-electron chi connectivity index (χ1n) is 20.6. The minimum Gasteiger partial charge on any atom is -0.449 e. The number of rotatable bonds is 11. The second-order valence-corrected chi connectivity index (χ2v) is 23.3. The molecule has 8 rings (SSSR count). The Balaban J connectivity index is 1.14. The number of halogens is 1. The molecule has 13 heteroatoms. The van der Waals surface area contributed by atoms with Crippen LogP contribution in [0.5, 0.6) is 0 Å². The van der Waals surface area contributed by atoms with Crippen LogP contribution in [-0.4, -0.2) is 81.6 Å². The Kier molecular flexibility index (Phi) is 10.4. The number of fused-ring (bicyclic) bond motifs is 2. The van der Waals surface area contributed by atoms with Gasteiger partial charge in [0.2, 0.25) is 0 Å². The number of hydrogen-bond acceptors (Lipinski definition) is 7. The number of hydrogen-bond donors (Lipinski definition) is 0. The number of carbonyl (C=O) groups excluding carboxylic acids is 1. The molecular weight excluding hydrogens is 742 g/mol. The maximum absolute atomic E-state index is 12.6. The normalized spacial score (nSPS) is 18.9. The summed E-state index contributed by atoms with van der Waals surface area (Å²) in [7, 11) is -1.86. The first-order chi connectivity index (χ1) is 26.7. The molecule has 1 unspecified atom stereocenters. The predicted octanol–water partition coefficient (Wildman–Crippen LogP) is 10.5. The number of nitrogens with zero attached hydrogens (tertiary/aromatic N) is 7. The molecule has 3 fully saturated rings. The third-order valence-electron chi connectivity index (χ3n) is 13.0. The van der Waals surface area contributed by atoms with Gasteiger partial charge in [-0.05, 0) is 94.3 Å². The van der Waals surface area contributed by atoms with Crippen molar-refractivity contribution in [3.63, 3.8) is 0 Å². The van der Waals surface area contributed by atoms with Gasteiger partial charge in [0.05, 0.1) is 48.1 Å². The van der Waals surface area contributed by atoms with Gasteiger partial charge in [0.25, 0.3) is 0 Å². The van der Waals surface area contributed by atoms with Crippen molar-refractivity contribution in [3.05, 3.63) is 52.9 Å². The molecule has 3 aliphatic rings. The molecule has 1 spiro atoms. The van der Waals surface area contributed by atoms with E-state index in [0.29, 0.717) is 24.8 Å². The van der Waals surface area contributed by atoms with Gasteiger partial charge in [-0.1, -0.05) is 51.8 Å². The molecule has 2 saturated heterocycles. The van der Waals surface area contributed by atoms with Gasteiger partial charge < -0.3 is 18.8 Å². The standard InChI is InChI=1S/C43H58ClN7O4Si/c1-9-10-17-54-41(52)48-26-43(27-48)22-32(23-43)50-29(3)37(38-33-24-45-51(36-13-11-12-18-53-36)35(33)20-28(2)39(38)44)40(47-50)30-14-15-34-31(21-30)25-49(46-34)16-19-55-56(7,8)42(4,5)6/h14-15,20-21,24-25,32,36H,9-13,16-19,22-23,26-27H2,1-8H3. The predicted molar refractivity (Wildman–Crippen MR) is 225 cm³/mol. The number of unbranched alkanes of at least 4 members (excludes halogenated alkanes) is 1. The molecule has 1 aliphatic carbocycles. The molecule has 56 heavy (non-hydrogen) atoms. The Labute approximate surface area is 336 Å². The zero-order chi connectivity index (χ0) is 39.6. The summed E-state index contributed by atoms with van der Waals surface area (Å²) in [6, 6.07) is 8.80. The minimum absolute atomic E-state index is 0.0960. The van der Waals surface area contributed by atoms with Gasteiger partial charge in [0.1, 0.15) is 5.69 Å². The van der Waals surface area contributed by atoms with Gasteiger partial charge in [0, 0.05) is 64.5 Å². The lowest BCUT2D eigenvalue weighted by Gasteiger charge is -2.58. The van der Waals surface area contributed by atoms with Crippen molar-refractivity contribution in [2.75, 3.05) is 32.9 Å². The van der Waals surface area contributed by atoms with Crippen molar-refractivity contribution >= 4 is 47.8 Å². The zero-order valence-electron chi connectivity index (χ0n) is 34.5. The van der Waals surface area contributed by atoms with Crippen LogP contribution in [0.1, 0.15) is 96.2 Å². The van der Waals surface area contributed by atoms with Crippen molar-refractivity contribution < 1.29 is 18.7 Å². The highest BCUT2D eigenvalue weighted by atomic mass is 35.5. The third-order valence-corrected chi connectivity index (χ3v) is 18.0. The van der Waals surface area contributed by atoms with Crippen molar-refractivity contribution in [3.8, 4) is 22.4 Å². The molecule has 5 heterocycles. The van der Waals surface area contributed by atoms with Crippen LogP contribution in [0.25, 0.3) is 44.2 Å². The van der Waals surface area contributed by atoms with Crippen LogP contribution < -0.4 is 0 Å². The van der Waals surface area contributed by atoms with Gasteiger partial charge in [-0.15, -0.1) is 0 Å². The summed E-state index contributed by atoms with van der Waals surface area (Å²) < 4.78 is 24.5. The Morgan fingerprint density at radius 3 is 2.55 bits per heavy atom. The molecule has 1 saturated carbocycles. The van der Waals surface area contributed by atoms with Crippen LogP contribution in [0, 0.1) is 19.3 Å². The van der Waals surface area contributed by atoms with E-state index in [4.69, 9.17) is 40.8 Å². The van der Waals surface area contributed by atoms with Crippen molar-refractivity contribution in [2.45, 2.75) is 123 Å². The van der Waals surface area contributed by atoms with E-state index >= 15 is 0 Å². The van der Waals surface area contributed by atoms with E-state index in [9.17, 15) is 4.79 Å². The summed E-state index contributed by atoms with van der Waals surface area (Å²) in [4.78, 5) is 14.5. The number of aryl methyl sites for hydroxylation is 1. The summed E-state index contributed by atoms with van der Waals surface area (Å²) in [5.74, 6) is 0. The highest BCUT2D eigenvalue weighted by Crippen LogP contribution is 2.56. The molecule has 0 bridgehead atoms. The lowest BCUT2D eigenvalue weighted by molar-refractivity contribution is -0.0825. The summed E-state index contributed by atoms with van der Waals surface area (Å²) in [5.41, 5.74) is 8.03. The Morgan fingerprint density at radius 2 is 1.84 bits per heavy atom. The van der Waals surface area contributed by atoms with Crippen LogP contribution in [0.2, 0.25) is 23.2 Å². The number of likely N-dealkylation sites (tertiary alicyclic amines) is 1. The highest BCUT2D eigenvalue weighted by molar-refractivity contribution is 6.74. The molecule has 2 aromatic carbocycles. The number of aromatic nitrogens is 6. The highest BCUT2D eigenvalue weighted by Gasteiger charge is 2.55. The average Bonchev–Trinajstić information content (AvgIpc) is 3.82. The molecule has 0 N–H and O–H groups in total. The molecule has 11 nitrogen and oxygen atoms in total. The summed E-state index contributed by atoms with van der Waals surface area (Å²) in [5, 5.41) is 18.2. The summed E-state index contributed by atoms with van der Waals surface area (Å²) >= 11 is 7.37. The fraction of sp³-hybridized carbons (Fsp3) is 0.581. The number of benzene rings is 2. The Bertz CT molecular complexity index is 2250. The maximum Gasteiger partial charge on any atom is 0.409 e. The van der Waals surface area contributed by atoms with Crippen LogP contribution in [0.4, 0.5) is 4.79 Å². The fourth-order valence-electron chi connectivity index (χ4n) is 8.67. The SMILES string of the molecule is CCCCOC(=O)N1CC2(CC(n3nc(-c4ccc5nn(CCO[Si](C)(C)C(C)(C)C)cc5c4)c(-c4c(Cl)c(C)cc5c4cnn5C4CCCCO4)c3C)C2)C1. The molecule has 300 valence electrons. The zero-order valence-corrected chi connectivity index (χ0v) is 36.2. The lowest BCUT2D eigenvalue weighted by atomic mass is 9.61. The molecule has 5 aromatic rings. The largest absolute Gasteiger partial charge is 0.449 e. The smallest absolute Gasteiger partial charge is 0.409 e. The average molecular weight is 801 g/mol. The second-order valence-electron chi connectivity index (χ2n) is 18.1. The van der Waals surface area contributed by atoms with Gasteiger partial charge >= 0.3 is 6.09 Å². The minimum atomic E-state index is -1.86. The molecule has 2 aliphatic heterocycles. The van der Waals surface area contributed by atoms with E-state index in [1.807, 2.05) is 20.5 Å². The van der Waals surface area contributed by atoms with Crippen LogP contribution >= 0.6 is 11.6 Å². The molecule has 1 amide bonds. The molecule has 0 radical (unpaired) electrons. The van der Waals surface area contributed by atoms with Gasteiger partial charge in [-0.3, -0.25) is 9.36 Å². The third kappa shape index (κ3) is 7.09. The fourth-order valence-corrected chi connectivity index (χ4v) is 9.95. The Hall–Kier alpha value is -3.71. The maximum atomic E-state index is 12.6. The lowest BCUT2D eigenvalue weighted by Crippen LogP contribution is -2.64. The Morgan fingerprint density at radius 1 is 1.05 bits per heavy atom. The van der Waals surface area contributed by atoms with Gasteiger partial charge in [-0.25, -0.2) is 9.48 Å². The van der Waals surface area contributed by atoms with E-state index in [2.05, 4.69) is 89.8 Å². The number of amides is 1. The molecule has 3 aromatic heterocycles. The van der Waals surface area contributed by atoms with Crippen molar-refractivity contribution in [1.82, 2.24) is 34.2 Å². The van der Waals surface area contributed by atoms with E-state index in [-0.39, 0.29) is 28.8 Å². The number of ether oxygens (including phenoxy) is 2. The van der Waals surface area contributed by atoms with Gasteiger partial charge in [0.15, 0.2) is 14.5 Å².